The fourth-order valence-electron chi connectivity index (χ4n) is 4.43. The van der Waals surface area contributed by atoms with E-state index < -0.39 is 11.9 Å². The van der Waals surface area contributed by atoms with Gasteiger partial charge in [-0.3, -0.25) is 0 Å². The molecule has 2 aromatic rings. The molecule has 2 unspecified atom stereocenters. The van der Waals surface area contributed by atoms with Crippen LogP contribution in [-0.4, -0.2) is 37.4 Å². The van der Waals surface area contributed by atoms with E-state index in [0.29, 0.717) is 24.0 Å². The Kier molecular flexibility index (Phi) is 9.79. The summed E-state index contributed by atoms with van der Waals surface area (Å²) in [5.74, 6) is 0.869. The van der Waals surface area contributed by atoms with Crippen LogP contribution in [-0.2, 0) is 31.9 Å². The minimum Gasteiger partial charge on any atom is -0.489 e. The molecular formula is C31H40O6. The van der Waals surface area contributed by atoms with Crippen LogP contribution in [0.15, 0.2) is 42.5 Å². The maximum Gasteiger partial charge on any atom is 0.333 e. The Hall–Kier alpha value is -3.28. The van der Waals surface area contributed by atoms with Gasteiger partial charge in [0.15, 0.2) is 0 Å². The van der Waals surface area contributed by atoms with E-state index in [1.54, 1.807) is 13.8 Å². The van der Waals surface area contributed by atoms with Crippen molar-refractivity contribution in [2.75, 3.05) is 13.2 Å². The Morgan fingerprint density at radius 3 is 1.70 bits per heavy atom. The Morgan fingerprint density at radius 1 is 0.811 bits per heavy atom. The zero-order chi connectivity index (χ0) is 27.1. The van der Waals surface area contributed by atoms with Crippen molar-refractivity contribution in [2.24, 2.45) is 0 Å². The second-order valence-corrected chi connectivity index (χ2v) is 9.93. The number of carbonyl (C=O) groups excluding carboxylic acids is 2. The largest absolute Gasteiger partial charge is 0.489 e. The predicted molar refractivity (Wildman–Crippen MR) is 146 cm³/mol. The second kappa shape index (κ2) is 12.8. The van der Waals surface area contributed by atoms with Gasteiger partial charge in [0.05, 0.1) is 0 Å². The van der Waals surface area contributed by atoms with Gasteiger partial charge in [-0.25, -0.2) is 9.59 Å². The zero-order valence-corrected chi connectivity index (χ0v) is 22.9. The summed E-state index contributed by atoms with van der Waals surface area (Å²) in [6.45, 7) is 17.2. The van der Waals surface area contributed by atoms with Crippen LogP contribution < -0.4 is 9.47 Å². The zero-order valence-electron chi connectivity index (χ0n) is 22.9. The van der Waals surface area contributed by atoms with E-state index in [0.717, 1.165) is 64.6 Å². The van der Waals surface area contributed by atoms with Gasteiger partial charge in [-0.15, -0.1) is 0 Å². The molecule has 6 nitrogen and oxygen atoms in total. The number of fused-ring (bicyclic) bond motifs is 2. The average Bonchev–Trinajstić information content (AvgIpc) is 2.88. The third kappa shape index (κ3) is 6.94. The molecule has 6 heteroatoms. The van der Waals surface area contributed by atoms with Crippen LogP contribution in [0.2, 0.25) is 0 Å². The Labute approximate surface area is 220 Å². The number of aryl methyl sites for hydroxylation is 1. The SMILES string of the molecule is C=C(C)C(=O)OC(CC)COc1c2c(c(OCC(CC)OC(=O)C(=C)C)c3cc(C)ccc13)CCCC2. The predicted octanol–water partition coefficient (Wildman–Crippen LogP) is 6.58. The van der Waals surface area contributed by atoms with Crippen LogP contribution in [0.3, 0.4) is 0 Å². The quantitative estimate of drug-likeness (QED) is 0.238. The first kappa shape index (κ1) is 28.3. The van der Waals surface area contributed by atoms with E-state index in [1.807, 2.05) is 13.8 Å². The van der Waals surface area contributed by atoms with Gasteiger partial charge in [-0.05, 0) is 65.4 Å². The summed E-state index contributed by atoms with van der Waals surface area (Å²) in [5, 5.41) is 1.94. The molecule has 3 rings (SSSR count). The highest BCUT2D eigenvalue weighted by Crippen LogP contribution is 2.44. The summed E-state index contributed by atoms with van der Waals surface area (Å²) in [5.41, 5.74) is 4.15. The summed E-state index contributed by atoms with van der Waals surface area (Å²) in [4.78, 5) is 24.2. The normalized spacial score (nSPS) is 14.3. The number of carbonyl (C=O) groups is 2. The van der Waals surface area contributed by atoms with Crippen LogP contribution in [0.5, 0.6) is 11.5 Å². The number of esters is 2. The highest BCUT2D eigenvalue weighted by molar-refractivity contribution is 5.96. The lowest BCUT2D eigenvalue weighted by atomic mass is 9.86. The van der Waals surface area contributed by atoms with Gasteiger partial charge in [-0.1, -0.05) is 44.7 Å². The van der Waals surface area contributed by atoms with Crippen LogP contribution >= 0.6 is 0 Å². The Bertz CT molecular complexity index is 1180. The Morgan fingerprint density at radius 2 is 1.27 bits per heavy atom. The first-order chi connectivity index (χ1) is 17.7. The number of hydrogen-bond donors (Lipinski definition) is 0. The summed E-state index contributed by atoms with van der Waals surface area (Å²) in [6, 6.07) is 6.25. The maximum absolute atomic E-state index is 12.1. The molecule has 2 atom stereocenters. The van der Waals surface area contributed by atoms with Crippen molar-refractivity contribution in [3.63, 3.8) is 0 Å². The van der Waals surface area contributed by atoms with Crippen LogP contribution in [0.1, 0.15) is 70.1 Å². The Balaban J connectivity index is 1.97. The monoisotopic (exact) mass is 508 g/mol. The third-order valence-corrected chi connectivity index (χ3v) is 6.66. The van der Waals surface area contributed by atoms with Crippen LogP contribution in [0.4, 0.5) is 0 Å². The van der Waals surface area contributed by atoms with E-state index >= 15 is 0 Å². The fraction of sp³-hybridized carbons (Fsp3) is 0.484. The molecule has 0 radical (unpaired) electrons. The van der Waals surface area contributed by atoms with Gasteiger partial charge in [-0.2, -0.15) is 0 Å². The highest BCUT2D eigenvalue weighted by Gasteiger charge is 2.26. The van der Waals surface area contributed by atoms with Crippen molar-refractivity contribution < 1.29 is 28.5 Å². The standard InChI is InChI=1S/C31H40O6/c1-8-22(36-30(32)19(3)4)17-34-28-24-12-10-11-13-25(24)29(27-16-21(7)14-15-26(27)28)35-18-23(9-2)37-31(33)20(5)6/h14-16,22-23H,3,5,8-13,17-18H2,1-2,4,6-7H3. The minimum atomic E-state index is -0.403. The number of hydrogen-bond acceptors (Lipinski definition) is 6. The van der Waals surface area contributed by atoms with E-state index in [9.17, 15) is 9.59 Å². The van der Waals surface area contributed by atoms with Crippen molar-refractivity contribution in [2.45, 2.75) is 85.4 Å². The maximum atomic E-state index is 12.1. The van der Waals surface area contributed by atoms with Crippen molar-refractivity contribution in [3.05, 3.63) is 59.2 Å². The van der Waals surface area contributed by atoms with Crippen molar-refractivity contribution in [3.8, 4) is 11.5 Å². The third-order valence-electron chi connectivity index (χ3n) is 6.66. The minimum absolute atomic E-state index is 0.264. The number of ether oxygens (including phenoxy) is 4. The molecule has 0 saturated carbocycles. The summed E-state index contributed by atoms with van der Waals surface area (Å²) in [7, 11) is 0. The molecule has 2 aromatic carbocycles. The lowest BCUT2D eigenvalue weighted by Crippen LogP contribution is -2.26. The van der Waals surface area contributed by atoms with E-state index in [2.05, 4.69) is 38.3 Å². The lowest BCUT2D eigenvalue weighted by Gasteiger charge is -2.27. The van der Waals surface area contributed by atoms with Gasteiger partial charge in [0.2, 0.25) is 0 Å². The summed E-state index contributed by atoms with van der Waals surface area (Å²) >= 11 is 0. The molecule has 0 spiro atoms. The molecule has 0 N–H and O–H groups in total. The first-order valence-electron chi connectivity index (χ1n) is 13.2. The van der Waals surface area contributed by atoms with Crippen LogP contribution in [0.25, 0.3) is 10.8 Å². The number of rotatable bonds is 12. The van der Waals surface area contributed by atoms with Crippen LogP contribution in [0, 0.1) is 6.92 Å². The van der Waals surface area contributed by atoms with Gasteiger partial charge in [0.1, 0.15) is 36.9 Å². The molecule has 1 aliphatic rings. The number of benzene rings is 2. The average molecular weight is 509 g/mol. The lowest BCUT2D eigenvalue weighted by molar-refractivity contribution is -0.146. The first-order valence-corrected chi connectivity index (χ1v) is 13.2. The van der Waals surface area contributed by atoms with Crippen molar-refractivity contribution in [1.29, 1.82) is 0 Å². The van der Waals surface area contributed by atoms with Gasteiger partial charge < -0.3 is 18.9 Å². The van der Waals surface area contributed by atoms with E-state index in [-0.39, 0.29) is 25.4 Å². The van der Waals surface area contributed by atoms with E-state index in [4.69, 9.17) is 18.9 Å². The fourth-order valence-corrected chi connectivity index (χ4v) is 4.43. The molecule has 1 aliphatic carbocycles. The smallest absolute Gasteiger partial charge is 0.333 e. The molecule has 0 amide bonds. The molecule has 0 heterocycles. The molecular weight excluding hydrogens is 468 g/mol. The summed E-state index contributed by atoms with van der Waals surface area (Å²) in [6.07, 6.45) is 4.44. The highest BCUT2D eigenvalue weighted by atomic mass is 16.6. The molecule has 0 aliphatic heterocycles. The van der Waals surface area contributed by atoms with Crippen molar-refractivity contribution in [1.82, 2.24) is 0 Å². The molecule has 200 valence electrons. The van der Waals surface area contributed by atoms with Gasteiger partial charge in [0, 0.05) is 33.0 Å². The molecule has 0 saturated heterocycles. The van der Waals surface area contributed by atoms with Gasteiger partial charge in [0.25, 0.3) is 0 Å². The topological polar surface area (TPSA) is 71.1 Å². The molecule has 0 bridgehead atoms. The van der Waals surface area contributed by atoms with E-state index in [1.165, 1.54) is 0 Å². The molecule has 0 fully saturated rings. The second-order valence-electron chi connectivity index (χ2n) is 9.93. The summed E-state index contributed by atoms with van der Waals surface area (Å²) < 4.78 is 24.0. The molecule has 0 aromatic heterocycles. The van der Waals surface area contributed by atoms with Gasteiger partial charge >= 0.3 is 11.9 Å². The van der Waals surface area contributed by atoms with Crippen molar-refractivity contribution >= 4 is 22.7 Å². The molecule has 37 heavy (non-hydrogen) atoms.